The van der Waals surface area contributed by atoms with Crippen LogP contribution in [0.2, 0.25) is 0 Å². The van der Waals surface area contributed by atoms with E-state index >= 15 is 0 Å². The summed E-state index contributed by atoms with van der Waals surface area (Å²) in [7, 11) is -2.67. The molecule has 0 bridgehead atoms. The third-order valence-corrected chi connectivity index (χ3v) is 0. The molecule has 0 amide bonds. The topological polar surface area (TPSA) is 66.3 Å². The molecule has 0 atom stereocenters. The number of rotatable bonds is 0. The molecular weight excluding hydrogens is 167 g/mol. The van der Waals surface area contributed by atoms with Gasteiger partial charge in [0.2, 0.25) is 0 Å². The van der Waals surface area contributed by atoms with Gasteiger partial charge in [0.1, 0.15) is 0 Å². The molecule has 1 radical (unpaired) electrons. The van der Waals surface area contributed by atoms with E-state index in [1.807, 2.05) is 0 Å². The van der Waals surface area contributed by atoms with Gasteiger partial charge in [-0.2, -0.15) is 0 Å². The van der Waals surface area contributed by atoms with Gasteiger partial charge in [-0.25, -0.2) is 0 Å². The second kappa shape index (κ2) is 4.69. The van der Waals surface area contributed by atoms with E-state index in [1.165, 1.54) is 0 Å². The normalized spacial score (nSPS) is 5.40. The van der Waals surface area contributed by atoms with Crippen LogP contribution < -0.4 is 10.0 Å². The van der Waals surface area contributed by atoms with E-state index in [9.17, 15) is 0 Å². The first-order valence-electron chi connectivity index (χ1n) is 0.730. The molecule has 3 nitrogen and oxygen atoms in total. The molecule has 0 unspecified atom stereocenters. The van der Waals surface area contributed by atoms with Crippen LogP contribution in [0, 0.1) is 0 Å². The summed E-state index contributed by atoms with van der Waals surface area (Å²) >= 11 is 0. The van der Waals surface area contributed by atoms with Crippen LogP contribution in [0.1, 0.15) is 0 Å². The Morgan fingerprint density at radius 3 is 1.40 bits per heavy atom. The Morgan fingerprint density at radius 2 is 1.40 bits per heavy atom. The van der Waals surface area contributed by atoms with Crippen molar-refractivity contribution in [2.45, 2.75) is 0 Å². The molecule has 0 fully saturated rings. The van der Waals surface area contributed by atoms with Gasteiger partial charge >= 0.3 is 0 Å². The Kier molecular flexibility index (Phi) is 8.61. The molecule has 0 saturated carbocycles. The van der Waals surface area contributed by atoms with Gasteiger partial charge in [0.05, 0.1) is 7.32 Å². The van der Waals surface area contributed by atoms with Gasteiger partial charge in [0.15, 0.2) is 0 Å². The van der Waals surface area contributed by atoms with E-state index in [1.54, 1.807) is 0 Å². The van der Waals surface area contributed by atoms with E-state index in [0.717, 1.165) is 0 Å². The van der Waals surface area contributed by atoms with E-state index < -0.39 is 7.32 Å². The molecule has 1 N–H and O–H groups in total. The van der Waals surface area contributed by atoms with Crippen LogP contribution in [0.25, 0.3) is 0 Å². The molecule has 5 heavy (non-hydrogen) atoms. The Hall–Kier alpha value is 0.685. The minimum atomic E-state index is -2.67. The van der Waals surface area contributed by atoms with E-state index in [-0.39, 0.29) is 22.4 Å². The number of hydrogen-bond donors (Lipinski definition) is 1. The molecule has 0 aromatic heterocycles. The standard InChI is InChI=1S/Ag.BHO3/c;2-1(3)4/h;2H/q;-2. The van der Waals surface area contributed by atoms with Crippen molar-refractivity contribution in [2.75, 3.05) is 0 Å². The fourth-order valence-electron chi connectivity index (χ4n) is 0. The van der Waals surface area contributed by atoms with Gasteiger partial charge in [-0.3, -0.25) is 0 Å². The maximum atomic E-state index is 8.53. The molecule has 5 heteroatoms. The minimum absolute atomic E-state index is 0. The van der Waals surface area contributed by atoms with E-state index in [0.29, 0.717) is 0 Å². The van der Waals surface area contributed by atoms with Crippen LogP contribution in [0.15, 0.2) is 0 Å². The fourth-order valence-corrected chi connectivity index (χ4v) is 0. The second-order valence-electron chi connectivity index (χ2n) is 0.307. The van der Waals surface area contributed by atoms with Crippen molar-refractivity contribution >= 4 is 7.32 Å². The summed E-state index contributed by atoms with van der Waals surface area (Å²) < 4.78 is 0. The Bertz CT molecular complexity index is 11.6. The van der Waals surface area contributed by atoms with Crippen molar-refractivity contribution in [3.05, 3.63) is 0 Å². The fraction of sp³-hybridized carbons (Fsp3) is 0. The van der Waals surface area contributed by atoms with Crippen molar-refractivity contribution in [3.8, 4) is 0 Å². The third-order valence-electron chi connectivity index (χ3n) is 0. The smallest absolute Gasteiger partial charge is 0.0554 e. The Labute approximate surface area is 45.3 Å². The van der Waals surface area contributed by atoms with Gasteiger partial charge in [-0.1, -0.05) is 0 Å². The Morgan fingerprint density at radius 1 is 1.40 bits per heavy atom. The molecule has 0 saturated heterocycles. The summed E-state index contributed by atoms with van der Waals surface area (Å²) in [4.78, 5) is 0. The predicted molar refractivity (Wildman–Crippen MR) is 7.97 cm³/mol. The van der Waals surface area contributed by atoms with Crippen molar-refractivity contribution in [1.82, 2.24) is 0 Å². The van der Waals surface area contributed by atoms with Gasteiger partial charge in [0.25, 0.3) is 0 Å². The monoisotopic (exact) mass is 167 g/mol. The van der Waals surface area contributed by atoms with Crippen LogP contribution in [0.5, 0.6) is 0 Å². The van der Waals surface area contributed by atoms with Crippen LogP contribution in [-0.4, -0.2) is 12.3 Å². The summed E-state index contributed by atoms with van der Waals surface area (Å²) in [6.07, 6.45) is 0. The maximum Gasteiger partial charge on any atom is 0.0554 e. The molecule has 0 aromatic rings. The van der Waals surface area contributed by atoms with Crippen LogP contribution in [-0.2, 0) is 22.4 Å². The zero-order chi connectivity index (χ0) is 3.58. The van der Waals surface area contributed by atoms with Gasteiger partial charge < -0.3 is 15.1 Å². The van der Waals surface area contributed by atoms with Crippen LogP contribution in [0.3, 0.4) is 0 Å². The third kappa shape index (κ3) is 72.0. The Balaban J connectivity index is 0. The summed E-state index contributed by atoms with van der Waals surface area (Å²) in [5.41, 5.74) is 0. The SMILES string of the molecule is [Ag].[O-]B([O-])O. The molecule has 0 aromatic carbocycles. The summed E-state index contributed by atoms with van der Waals surface area (Å²) in [5.74, 6) is 0. The average molecular weight is 168 g/mol. The molecule has 0 heterocycles. The van der Waals surface area contributed by atoms with E-state index in [4.69, 9.17) is 15.1 Å². The quantitative estimate of drug-likeness (QED) is 0.384. The van der Waals surface area contributed by atoms with Crippen LogP contribution in [0.4, 0.5) is 0 Å². The summed E-state index contributed by atoms with van der Waals surface area (Å²) in [6, 6.07) is 0. The number of hydrogen-bond acceptors (Lipinski definition) is 3. The molecule has 0 aliphatic heterocycles. The van der Waals surface area contributed by atoms with Crippen molar-refractivity contribution in [1.29, 1.82) is 0 Å². The molecule has 0 aliphatic rings. The van der Waals surface area contributed by atoms with Crippen LogP contribution >= 0.6 is 0 Å². The summed E-state index contributed by atoms with van der Waals surface area (Å²) in [5, 5.41) is 24.0. The zero-order valence-corrected chi connectivity index (χ0v) is 3.62. The molecule has 35 valence electrons. The molecule has 0 aliphatic carbocycles. The molecule has 0 spiro atoms. The first-order valence-corrected chi connectivity index (χ1v) is 0.730. The van der Waals surface area contributed by atoms with E-state index in [2.05, 4.69) is 0 Å². The average Bonchev–Trinajstić information content (AvgIpc) is 0.811. The first-order chi connectivity index (χ1) is 1.73. The predicted octanol–water partition coefficient (Wildman–Crippen LogP) is -3.32. The second-order valence-corrected chi connectivity index (χ2v) is 0.307. The van der Waals surface area contributed by atoms with Gasteiger partial charge in [-0.15, -0.1) is 0 Å². The first kappa shape index (κ1) is 9.19. The summed E-state index contributed by atoms with van der Waals surface area (Å²) in [6.45, 7) is 0. The van der Waals surface area contributed by atoms with Gasteiger partial charge in [-0.05, 0) is 0 Å². The zero-order valence-electron chi connectivity index (χ0n) is 2.14. The minimum Gasteiger partial charge on any atom is -0.871 e. The molecule has 0 rings (SSSR count). The largest absolute Gasteiger partial charge is 0.871 e. The van der Waals surface area contributed by atoms with Crippen molar-refractivity contribution in [3.63, 3.8) is 0 Å². The molecular formula is HAgBO3-2. The van der Waals surface area contributed by atoms with Crippen molar-refractivity contribution < 1.29 is 37.5 Å². The van der Waals surface area contributed by atoms with Gasteiger partial charge in [0, 0.05) is 22.4 Å². The van der Waals surface area contributed by atoms with Crippen molar-refractivity contribution in [2.24, 2.45) is 0 Å². The maximum absolute atomic E-state index is 8.53.